The van der Waals surface area contributed by atoms with Gasteiger partial charge in [-0.05, 0) is 19.1 Å². The summed E-state index contributed by atoms with van der Waals surface area (Å²) < 4.78 is 43.9. The van der Waals surface area contributed by atoms with Crippen LogP contribution in [0.25, 0.3) is 0 Å². The van der Waals surface area contributed by atoms with E-state index in [1.54, 1.807) is 9.80 Å². The number of pyridine rings is 1. The summed E-state index contributed by atoms with van der Waals surface area (Å²) in [5.74, 6) is 0.231. The minimum atomic E-state index is -4.49. The molecule has 0 N–H and O–H groups in total. The first-order valence-electron chi connectivity index (χ1n) is 9.63. The van der Waals surface area contributed by atoms with Crippen LogP contribution in [0.15, 0.2) is 18.3 Å². The number of ether oxygens (including phenoxy) is 1. The maximum absolute atomic E-state index is 12.9. The van der Waals surface area contributed by atoms with Gasteiger partial charge in [0.25, 0.3) is 0 Å². The Morgan fingerprint density at radius 2 is 2.10 bits per heavy atom. The maximum atomic E-state index is 12.9. The number of alkyl halides is 3. The Balaban J connectivity index is 1.39. The van der Waals surface area contributed by atoms with Crippen LogP contribution in [0.5, 0.6) is 5.88 Å². The number of rotatable bonds is 4. The van der Waals surface area contributed by atoms with Crippen LogP contribution in [0.3, 0.4) is 0 Å². The number of methoxy groups -OCH3 is 1. The van der Waals surface area contributed by atoms with Gasteiger partial charge in [0.15, 0.2) is 0 Å². The monoisotopic (exact) mass is 432 g/mol. The Bertz CT molecular complexity index is 1060. The Labute approximate surface area is 176 Å². The number of halogens is 3. The molecule has 1 atom stereocenters. The fraction of sp³-hybridized carbons (Fsp3) is 0.450. The van der Waals surface area contributed by atoms with Crippen LogP contribution in [0.2, 0.25) is 0 Å². The van der Waals surface area contributed by atoms with Crippen LogP contribution in [0.4, 0.5) is 18.9 Å². The topological polar surface area (TPSA) is 95.2 Å². The van der Waals surface area contributed by atoms with E-state index in [-0.39, 0.29) is 42.5 Å². The number of amides is 1. The van der Waals surface area contributed by atoms with E-state index < -0.39 is 11.9 Å². The molecule has 0 aromatic carbocycles. The van der Waals surface area contributed by atoms with Gasteiger partial charge in [-0.15, -0.1) is 0 Å². The van der Waals surface area contributed by atoms with Crippen LogP contribution >= 0.6 is 0 Å². The molecule has 2 aliphatic rings. The quantitative estimate of drug-likeness (QED) is 0.733. The van der Waals surface area contributed by atoms with Crippen LogP contribution in [-0.2, 0) is 17.5 Å². The lowest BCUT2D eigenvalue weighted by molar-refractivity contribution is -0.141. The average Bonchev–Trinajstić information content (AvgIpc) is 3.05. The summed E-state index contributed by atoms with van der Waals surface area (Å²) >= 11 is 0. The molecular weight excluding hydrogens is 413 g/mol. The number of aromatic nitrogens is 3. The summed E-state index contributed by atoms with van der Waals surface area (Å²) in [6.45, 7) is 3.09. The molecule has 1 unspecified atom stereocenters. The predicted octanol–water partition coefficient (Wildman–Crippen LogP) is 2.70. The lowest BCUT2D eigenvalue weighted by atomic mass is 9.94. The first kappa shape index (κ1) is 20.8. The number of carbonyl (C=O) groups excluding carboxylic acids is 1. The van der Waals surface area contributed by atoms with E-state index >= 15 is 0 Å². The second-order valence-corrected chi connectivity index (χ2v) is 7.60. The summed E-state index contributed by atoms with van der Waals surface area (Å²) in [5, 5.41) is 9.09. The van der Waals surface area contributed by atoms with Crippen molar-refractivity contribution in [3.05, 3.63) is 41.1 Å². The van der Waals surface area contributed by atoms with Gasteiger partial charge in [0.1, 0.15) is 11.8 Å². The Morgan fingerprint density at radius 1 is 1.35 bits per heavy atom. The van der Waals surface area contributed by atoms with Crippen LogP contribution in [-0.4, -0.2) is 46.0 Å². The van der Waals surface area contributed by atoms with Crippen molar-refractivity contribution in [2.75, 3.05) is 25.1 Å². The molecule has 2 aliphatic heterocycles. The highest BCUT2D eigenvalue weighted by Gasteiger charge is 2.39. The molecule has 0 spiro atoms. The zero-order valence-electron chi connectivity index (χ0n) is 16.8. The summed E-state index contributed by atoms with van der Waals surface area (Å²) in [7, 11) is 1.45. The van der Waals surface area contributed by atoms with E-state index in [9.17, 15) is 18.0 Å². The molecule has 0 aliphatic carbocycles. The van der Waals surface area contributed by atoms with Gasteiger partial charge < -0.3 is 14.5 Å². The molecular formula is C20H19F3N6O2. The second-order valence-electron chi connectivity index (χ2n) is 7.60. The lowest BCUT2D eigenvalue weighted by Gasteiger charge is -2.41. The molecule has 1 fully saturated rings. The van der Waals surface area contributed by atoms with Crippen molar-refractivity contribution < 1.29 is 22.7 Å². The Morgan fingerprint density at radius 3 is 2.74 bits per heavy atom. The average molecular weight is 432 g/mol. The summed E-state index contributed by atoms with van der Waals surface area (Å²) in [5.41, 5.74) is 0.800. The third-order valence-corrected chi connectivity index (χ3v) is 5.63. The largest absolute Gasteiger partial charge is 0.481 e. The van der Waals surface area contributed by atoms with Gasteiger partial charge in [0, 0.05) is 37.3 Å². The lowest BCUT2D eigenvalue weighted by Crippen LogP contribution is -2.48. The fourth-order valence-corrected chi connectivity index (χ4v) is 4.04. The van der Waals surface area contributed by atoms with Crippen molar-refractivity contribution in [2.45, 2.75) is 32.1 Å². The van der Waals surface area contributed by atoms with Gasteiger partial charge in [-0.2, -0.15) is 23.4 Å². The first-order chi connectivity index (χ1) is 14.7. The molecule has 31 heavy (non-hydrogen) atoms. The smallest absolute Gasteiger partial charge is 0.433 e. The van der Waals surface area contributed by atoms with Crippen LogP contribution < -0.4 is 9.64 Å². The highest BCUT2D eigenvalue weighted by atomic mass is 19.4. The third kappa shape index (κ3) is 3.85. The molecule has 1 saturated heterocycles. The minimum absolute atomic E-state index is 0.0117. The normalized spacial score (nSPS) is 18.4. The zero-order valence-corrected chi connectivity index (χ0v) is 16.8. The summed E-state index contributed by atoms with van der Waals surface area (Å²) in [6.07, 6.45) is -3.08. The number of nitriles is 1. The van der Waals surface area contributed by atoms with Crippen molar-refractivity contribution in [3.63, 3.8) is 0 Å². The van der Waals surface area contributed by atoms with Crippen molar-refractivity contribution in [1.29, 1.82) is 5.26 Å². The van der Waals surface area contributed by atoms with Crippen molar-refractivity contribution in [2.24, 2.45) is 5.92 Å². The van der Waals surface area contributed by atoms with E-state index in [1.165, 1.54) is 13.2 Å². The number of anilines is 1. The molecule has 1 amide bonds. The van der Waals surface area contributed by atoms with Crippen molar-refractivity contribution in [3.8, 4) is 11.9 Å². The molecule has 0 saturated carbocycles. The number of carbonyl (C=O) groups is 1. The van der Waals surface area contributed by atoms with Gasteiger partial charge in [-0.25, -0.2) is 4.98 Å². The van der Waals surface area contributed by atoms with E-state index in [2.05, 4.69) is 15.0 Å². The van der Waals surface area contributed by atoms with Gasteiger partial charge in [0.2, 0.25) is 17.6 Å². The number of fused-ring (bicyclic) bond motifs is 1. The predicted molar refractivity (Wildman–Crippen MR) is 102 cm³/mol. The maximum Gasteiger partial charge on any atom is 0.433 e. The SMILES string of the molecule is COc1nc(C#N)nc2c1C(C)N(C(=O)CC1CN(c3ccnc(C(F)(F)F)c3)C1)C2. The van der Waals surface area contributed by atoms with Gasteiger partial charge >= 0.3 is 6.18 Å². The molecule has 0 radical (unpaired) electrons. The number of nitrogens with zero attached hydrogens (tertiary/aromatic N) is 6. The molecule has 4 heterocycles. The van der Waals surface area contributed by atoms with Crippen LogP contribution in [0, 0.1) is 17.2 Å². The Hall–Kier alpha value is -3.42. The van der Waals surface area contributed by atoms with Crippen LogP contribution in [0.1, 0.15) is 42.2 Å². The Kier molecular flexibility index (Phi) is 5.16. The van der Waals surface area contributed by atoms with E-state index in [4.69, 9.17) is 10.00 Å². The molecule has 11 heteroatoms. The molecule has 8 nitrogen and oxygen atoms in total. The molecule has 162 valence electrons. The zero-order chi connectivity index (χ0) is 22.3. The number of hydrogen-bond donors (Lipinski definition) is 0. The fourth-order valence-electron chi connectivity index (χ4n) is 4.04. The van der Waals surface area contributed by atoms with Crippen molar-refractivity contribution >= 4 is 11.6 Å². The molecule has 0 bridgehead atoms. The standard InChI is InChI=1S/C20H19F3N6O2/c1-11-18-14(26-16(7-24)27-19(18)31-2)10-29(11)17(30)5-12-8-28(9-12)13-3-4-25-15(6-13)20(21,22)23/h3-4,6,11-12H,5,8-10H2,1-2H3. The summed E-state index contributed by atoms with van der Waals surface area (Å²) in [4.78, 5) is 28.0. The number of hydrogen-bond acceptors (Lipinski definition) is 7. The van der Waals surface area contributed by atoms with Gasteiger partial charge in [-0.3, -0.25) is 9.78 Å². The van der Waals surface area contributed by atoms with E-state index in [1.807, 2.05) is 13.0 Å². The molecule has 4 rings (SSSR count). The first-order valence-corrected chi connectivity index (χ1v) is 9.63. The minimum Gasteiger partial charge on any atom is -0.481 e. The summed E-state index contributed by atoms with van der Waals surface area (Å²) in [6, 6.07) is 4.15. The highest BCUT2D eigenvalue weighted by Crippen LogP contribution is 2.39. The third-order valence-electron chi connectivity index (χ3n) is 5.63. The van der Waals surface area contributed by atoms with Gasteiger partial charge in [-0.1, -0.05) is 0 Å². The van der Waals surface area contributed by atoms with E-state index in [0.717, 1.165) is 12.3 Å². The molecule has 2 aromatic rings. The second kappa shape index (κ2) is 7.68. The van der Waals surface area contributed by atoms with Crippen molar-refractivity contribution in [1.82, 2.24) is 19.9 Å². The highest BCUT2D eigenvalue weighted by molar-refractivity contribution is 5.78. The van der Waals surface area contributed by atoms with Gasteiger partial charge in [0.05, 0.1) is 31.0 Å². The molecule has 2 aromatic heterocycles. The van der Waals surface area contributed by atoms with E-state index in [0.29, 0.717) is 30.0 Å².